The monoisotopic (exact) mass is 357 g/mol. The van der Waals surface area contributed by atoms with Crippen molar-refractivity contribution in [2.45, 2.75) is 12.8 Å². The Balaban J connectivity index is 2.14. The number of carbonyl (C=O) groups is 1. The summed E-state index contributed by atoms with van der Waals surface area (Å²) >= 11 is 0. The van der Waals surface area contributed by atoms with Crippen LogP contribution >= 0.6 is 0 Å². The number of nitrogens with one attached hydrogen (secondary N) is 2. The molecule has 9 heteroatoms. The summed E-state index contributed by atoms with van der Waals surface area (Å²) in [4.78, 5) is 11.8. The van der Waals surface area contributed by atoms with E-state index < -0.39 is 10.0 Å². The molecule has 2 N–H and O–H groups in total. The zero-order valence-corrected chi connectivity index (χ0v) is 14.7. The van der Waals surface area contributed by atoms with Gasteiger partial charge in [0.25, 0.3) is 0 Å². The lowest BCUT2D eigenvalue weighted by Gasteiger charge is -2.29. The Morgan fingerprint density at radius 3 is 2.75 bits per heavy atom. The van der Waals surface area contributed by atoms with Crippen molar-refractivity contribution in [2.24, 2.45) is 0 Å². The standard InChI is InChI=1S/C15H23N3O5S/c1-22-9-7-16-15(19)17-12-5-6-13(14(11-12)23-2)18-8-3-4-10-24(18,20)21/h5-6,11H,3-4,7-10H2,1-2H3,(H2,16,17,19). The van der Waals surface area contributed by atoms with E-state index in [0.29, 0.717) is 43.2 Å². The number of ether oxygens (including phenoxy) is 2. The van der Waals surface area contributed by atoms with Crippen LogP contribution in [0.15, 0.2) is 18.2 Å². The average Bonchev–Trinajstić information content (AvgIpc) is 2.55. The Kier molecular flexibility index (Phi) is 6.27. The smallest absolute Gasteiger partial charge is 0.319 e. The molecule has 0 spiro atoms. The number of benzene rings is 1. The van der Waals surface area contributed by atoms with Crippen LogP contribution in [0.1, 0.15) is 12.8 Å². The number of carbonyl (C=O) groups excluding carboxylic acids is 1. The third-order valence-electron chi connectivity index (χ3n) is 3.65. The molecule has 2 rings (SSSR count). The van der Waals surface area contributed by atoms with Crippen molar-refractivity contribution in [3.05, 3.63) is 18.2 Å². The Bertz CT molecular complexity index is 678. The van der Waals surface area contributed by atoms with Gasteiger partial charge < -0.3 is 20.1 Å². The van der Waals surface area contributed by atoms with Crippen LogP contribution in [0.4, 0.5) is 16.2 Å². The third kappa shape index (κ3) is 4.51. The minimum atomic E-state index is -3.32. The van der Waals surface area contributed by atoms with E-state index in [1.54, 1.807) is 25.3 Å². The Morgan fingerprint density at radius 2 is 2.08 bits per heavy atom. The van der Waals surface area contributed by atoms with Crippen LogP contribution in [-0.2, 0) is 14.8 Å². The fraction of sp³-hybridized carbons (Fsp3) is 0.533. The summed E-state index contributed by atoms with van der Waals surface area (Å²) in [7, 11) is -0.297. The molecular formula is C15H23N3O5S. The summed E-state index contributed by atoms with van der Waals surface area (Å²) in [5.41, 5.74) is 1.00. The van der Waals surface area contributed by atoms with E-state index in [4.69, 9.17) is 9.47 Å². The third-order valence-corrected chi connectivity index (χ3v) is 5.50. The van der Waals surface area contributed by atoms with Gasteiger partial charge in [-0.05, 0) is 25.0 Å². The lowest BCUT2D eigenvalue weighted by atomic mass is 10.2. The molecule has 0 aliphatic carbocycles. The predicted octanol–water partition coefficient (Wildman–Crippen LogP) is 1.39. The molecule has 1 aromatic rings. The molecule has 0 bridgehead atoms. The van der Waals surface area contributed by atoms with E-state index in [9.17, 15) is 13.2 Å². The average molecular weight is 357 g/mol. The molecule has 0 aromatic heterocycles. The molecule has 2 amide bonds. The first-order valence-electron chi connectivity index (χ1n) is 7.70. The number of sulfonamides is 1. The van der Waals surface area contributed by atoms with Gasteiger partial charge in [-0.1, -0.05) is 0 Å². The van der Waals surface area contributed by atoms with Crippen LogP contribution in [0, 0.1) is 0 Å². The molecule has 0 atom stereocenters. The maximum Gasteiger partial charge on any atom is 0.319 e. The first-order valence-corrected chi connectivity index (χ1v) is 9.31. The number of anilines is 2. The van der Waals surface area contributed by atoms with Gasteiger partial charge in [0.15, 0.2) is 0 Å². The fourth-order valence-electron chi connectivity index (χ4n) is 2.46. The van der Waals surface area contributed by atoms with Crippen LogP contribution in [0.3, 0.4) is 0 Å². The molecule has 0 radical (unpaired) electrons. The second-order valence-corrected chi connectivity index (χ2v) is 7.37. The first kappa shape index (κ1) is 18.3. The molecule has 1 aliphatic heterocycles. The largest absolute Gasteiger partial charge is 0.494 e. The lowest BCUT2D eigenvalue weighted by Crippen LogP contribution is -2.38. The summed E-state index contributed by atoms with van der Waals surface area (Å²) < 4.78 is 36.0. The number of hydrogen-bond donors (Lipinski definition) is 2. The van der Waals surface area contributed by atoms with E-state index in [-0.39, 0.29) is 11.8 Å². The molecule has 1 aromatic carbocycles. The van der Waals surface area contributed by atoms with Gasteiger partial charge in [-0.3, -0.25) is 4.31 Å². The zero-order valence-electron chi connectivity index (χ0n) is 13.9. The number of methoxy groups -OCH3 is 2. The number of urea groups is 1. The van der Waals surface area contributed by atoms with Gasteiger partial charge in [0.1, 0.15) is 5.75 Å². The SMILES string of the molecule is COCCNC(=O)Nc1ccc(N2CCCCS2(=O)=O)c(OC)c1. The molecule has 8 nitrogen and oxygen atoms in total. The molecule has 0 saturated carbocycles. The highest BCUT2D eigenvalue weighted by molar-refractivity contribution is 7.92. The highest BCUT2D eigenvalue weighted by atomic mass is 32.2. The van der Waals surface area contributed by atoms with Crippen LogP contribution in [0.2, 0.25) is 0 Å². The molecule has 24 heavy (non-hydrogen) atoms. The predicted molar refractivity (Wildman–Crippen MR) is 92.3 cm³/mol. The first-order chi connectivity index (χ1) is 11.5. The molecule has 1 heterocycles. The van der Waals surface area contributed by atoms with Crippen LogP contribution in [0.5, 0.6) is 5.75 Å². The molecule has 1 aliphatic rings. The van der Waals surface area contributed by atoms with Crippen molar-refractivity contribution in [2.75, 3.05) is 49.3 Å². The van der Waals surface area contributed by atoms with Gasteiger partial charge in [0, 0.05) is 32.0 Å². The minimum absolute atomic E-state index is 0.137. The molecule has 0 unspecified atom stereocenters. The van der Waals surface area contributed by atoms with Gasteiger partial charge in [0.05, 0.1) is 25.2 Å². The quantitative estimate of drug-likeness (QED) is 0.750. The van der Waals surface area contributed by atoms with Gasteiger partial charge in [-0.2, -0.15) is 0 Å². The van der Waals surface area contributed by atoms with Crippen molar-refractivity contribution >= 4 is 27.4 Å². The number of amides is 2. The Hall–Kier alpha value is -2.00. The maximum absolute atomic E-state index is 12.2. The van der Waals surface area contributed by atoms with Crippen molar-refractivity contribution in [3.8, 4) is 5.75 Å². The van der Waals surface area contributed by atoms with Gasteiger partial charge in [-0.15, -0.1) is 0 Å². The van der Waals surface area contributed by atoms with Crippen molar-refractivity contribution < 1.29 is 22.7 Å². The van der Waals surface area contributed by atoms with Crippen molar-refractivity contribution in [3.63, 3.8) is 0 Å². The summed E-state index contributed by atoms with van der Waals surface area (Å²) in [6.45, 7) is 1.25. The van der Waals surface area contributed by atoms with Crippen LogP contribution in [-0.4, -0.2) is 54.1 Å². The second kappa shape index (κ2) is 8.20. The van der Waals surface area contributed by atoms with Crippen molar-refractivity contribution in [1.29, 1.82) is 0 Å². The van der Waals surface area contributed by atoms with E-state index in [2.05, 4.69) is 10.6 Å². The second-order valence-electron chi connectivity index (χ2n) is 5.36. The number of hydrogen-bond acceptors (Lipinski definition) is 5. The van der Waals surface area contributed by atoms with E-state index in [1.165, 1.54) is 11.4 Å². The Morgan fingerprint density at radius 1 is 1.29 bits per heavy atom. The fourth-order valence-corrected chi connectivity index (χ4v) is 4.11. The van der Waals surface area contributed by atoms with Gasteiger partial charge >= 0.3 is 6.03 Å². The summed E-state index contributed by atoms with van der Waals surface area (Å²) in [6.07, 6.45) is 1.48. The number of nitrogens with zero attached hydrogens (tertiary/aromatic N) is 1. The summed E-state index contributed by atoms with van der Waals surface area (Å²) in [5, 5.41) is 5.31. The molecule has 1 saturated heterocycles. The van der Waals surface area contributed by atoms with E-state index in [0.717, 1.165) is 6.42 Å². The highest BCUT2D eigenvalue weighted by Crippen LogP contribution is 2.34. The normalized spacial score (nSPS) is 16.5. The zero-order chi connectivity index (χ0) is 17.6. The summed E-state index contributed by atoms with van der Waals surface area (Å²) in [5.74, 6) is 0.535. The van der Waals surface area contributed by atoms with Gasteiger partial charge in [0.2, 0.25) is 10.0 Å². The maximum atomic E-state index is 12.2. The van der Waals surface area contributed by atoms with E-state index >= 15 is 0 Å². The molecule has 134 valence electrons. The van der Waals surface area contributed by atoms with Crippen LogP contribution < -0.4 is 19.7 Å². The molecular weight excluding hydrogens is 334 g/mol. The summed E-state index contributed by atoms with van der Waals surface area (Å²) in [6, 6.07) is 4.53. The molecule has 1 fully saturated rings. The van der Waals surface area contributed by atoms with Gasteiger partial charge in [-0.25, -0.2) is 13.2 Å². The van der Waals surface area contributed by atoms with E-state index in [1.807, 2.05) is 0 Å². The number of rotatable bonds is 6. The highest BCUT2D eigenvalue weighted by Gasteiger charge is 2.28. The van der Waals surface area contributed by atoms with Crippen LogP contribution in [0.25, 0.3) is 0 Å². The van der Waals surface area contributed by atoms with Crippen molar-refractivity contribution in [1.82, 2.24) is 5.32 Å². The Labute approximate surface area is 142 Å². The minimum Gasteiger partial charge on any atom is -0.494 e. The lowest BCUT2D eigenvalue weighted by molar-refractivity contribution is 0.198. The topological polar surface area (TPSA) is 97.0 Å².